The Balaban J connectivity index is 1.32. The molecule has 210 valence electrons. The second-order valence-electron chi connectivity index (χ2n) is 10.3. The predicted molar refractivity (Wildman–Crippen MR) is 127 cm³/mol. The van der Waals surface area contributed by atoms with Crippen molar-refractivity contribution in [1.82, 2.24) is 9.88 Å². The minimum absolute atomic E-state index is 0.0128. The van der Waals surface area contributed by atoms with E-state index in [1.54, 1.807) is 6.07 Å². The molecular formula is C27H27F5N2O5. The van der Waals surface area contributed by atoms with Crippen LogP contribution in [0.25, 0.3) is 0 Å². The smallest absolute Gasteiger partial charge is 0.340 e. The SMILES string of the molecule is O=C(O)C1CCCN1C(=O)c1cc(C2CC2)c(COc2cnc(OCC(F)(F)C(F)F)c(C3CC3)c2)cc1F. The first-order chi connectivity index (χ1) is 18.5. The van der Waals surface area contributed by atoms with Crippen LogP contribution in [0.3, 0.4) is 0 Å². The summed E-state index contributed by atoms with van der Waals surface area (Å²) in [6.07, 6.45) is 1.46. The van der Waals surface area contributed by atoms with Crippen molar-refractivity contribution in [2.24, 2.45) is 0 Å². The van der Waals surface area contributed by atoms with E-state index in [2.05, 4.69) is 4.98 Å². The molecule has 1 atom stereocenters. The van der Waals surface area contributed by atoms with E-state index in [-0.39, 0.29) is 42.2 Å². The standard InChI is InChI=1S/C27H27F5N2O5/c28-21-8-16(18(14-3-4-14)10-20(21)24(35)34-7-1-2-22(34)25(36)37)12-38-17-9-19(15-5-6-15)23(33-11-17)39-13-27(31,32)26(29)30/h8-11,14-15,22,26H,1-7,12-13H2,(H,36,37). The van der Waals surface area contributed by atoms with Crippen molar-refractivity contribution in [2.45, 2.75) is 75.4 Å². The second-order valence-corrected chi connectivity index (χ2v) is 10.3. The molecule has 0 radical (unpaired) electrons. The Morgan fingerprint density at radius 1 is 1.05 bits per heavy atom. The highest BCUT2D eigenvalue weighted by atomic mass is 19.3. The molecule has 0 spiro atoms. The molecule has 1 amide bonds. The number of aliphatic carboxylic acids is 1. The molecule has 1 aliphatic heterocycles. The maximum absolute atomic E-state index is 15.1. The average molecular weight is 555 g/mol. The molecule has 7 nitrogen and oxygen atoms in total. The van der Waals surface area contributed by atoms with Crippen LogP contribution < -0.4 is 9.47 Å². The summed E-state index contributed by atoms with van der Waals surface area (Å²) in [5, 5.41) is 9.41. The number of alkyl halides is 4. The summed E-state index contributed by atoms with van der Waals surface area (Å²) in [4.78, 5) is 29.8. The average Bonchev–Trinajstić information content (AvgIpc) is 3.84. The van der Waals surface area contributed by atoms with E-state index in [1.807, 2.05) is 0 Å². The van der Waals surface area contributed by atoms with E-state index in [1.165, 1.54) is 23.2 Å². The minimum atomic E-state index is -4.31. The topological polar surface area (TPSA) is 89.0 Å². The number of likely N-dealkylation sites (tertiary alicyclic amines) is 1. The van der Waals surface area contributed by atoms with E-state index < -0.39 is 42.7 Å². The van der Waals surface area contributed by atoms with Crippen LogP contribution in [0.4, 0.5) is 22.0 Å². The minimum Gasteiger partial charge on any atom is -0.487 e. The first kappa shape index (κ1) is 27.1. The second kappa shape index (κ2) is 10.6. The molecule has 2 aliphatic carbocycles. The third-order valence-corrected chi connectivity index (χ3v) is 7.26. The number of amides is 1. The number of rotatable bonds is 11. The number of nitrogens with zero attached hydrogens (tertiary/aromatic N) is 2. The highest BCUT2D eigenvalue weighted by Gasteiger charge is 2.42. The molecule has 39 heavy (non-hydrogen) atoms. The van der Waals surface area contributed by atoms with Gasteiger partial charge in [0.1, 0.15) is 24.2 Å². The van der Waals surface area contributed by atoms with Gasteiger partial charge in [0.25, 0.3) is 5.91 Å². The summed E-state index contributed by atoms with van der Waals surface area (Å²) in [5.74, 6) is -6.63. The fraction of sp³-hybridized carbons (Fsp3) is 0.519. The van der Waals surface area contributed by atoms with Crippen LogP contribution in [0.1, 0.15) is 77.4 Å². The number of pyridine rings is 1. The highest BCUT2D eigenvalue weighted by molar-refractivity contribution is 5.97. The Morgan fingerprint density at radius 3 is 2.38 bits per heavy atom. The number of halogens is 5. The van der Waals surface area contributed by atoms with Gasteiger partial charge in [0.2, 0.25) is 5.88 Å². The van der Waals surface area contributed by atoms with Gasteiger partial charge in [-0.25, -0.2) is 22.9 Å². The first-order valence-corrected chi connectivity index (χ1v) is 12.8. The number of benzene rings is 1. The van der Waals surface area contributed by atoms with E-state index in [4.69, 9.17) is 9.47 Å². The maximum Gasteiger partial charge on any atom is 0.340 e. The lowest BCUT2D eigenvalue weighted by molar-refractivity contribution is -0.148. The van der Waals surface area contributed by atoms with Crippen LogP contribution in [0.2, 0.25) is 0 Å². The fourth-order valence-electron chi connectivity index (χ4n) is 4.84. The molecule has 3 fully saturated rings. The number of carboxylic acids is 1. The largest absolute Gasteiger partial charge is 0.487 e. The van der Waals surface area contributed by atoms with Crippen LogP contribution >= 0.6 is 0 Å². The normalized spacial score (nSPS) is 19.4. The number of aromatic nitrogens is 1. The van der Waals surface area contributed by atoms with Gasteiger partial charge >= 0.3 is 18.3 Å². The molecule has 2 aromatic rings. The van der Waals surface area contributed by atoms with Crippen LogP contribution in [0.5, 0.6) is 11.6 Å². The van der Waals surface area contributed by atoms with Gasteiger partial charge in [-0.3, -0.25) is 4.79 Å². The molecule has 2 saturated carbocycles. The monoisotopic (exact) mass is 554 g/mol. The molecule has 1 saturated heterocycles. The van der Waals surface area contributed by atoms with Crippen molar-refractivity contribution in [3.8, 4) is 11.6 Å². The van der Waals surface area contributed by atoms with Crippen molar-refractivity contribution < 1.29 is 46.1 Å². The molecule has 1 aromatic heterocycles. The summed E-state index contributed by atoms with van der Waals surface area (Å²) < 4.78 is 77.6. The Kier molecular flexibility index (Phi) is 7.39. The van der Waals surface area contributed by atoms with Gasteiger partial charge in [-0.1, -0.05) is 0 Å². The van der Waals surface area contributed by atoms with E-state index in [9.17, 15) is 32.3 Å². The van der Waals surface area contributed by atoms with Gasteiger partial charge in [0.15, 0.2) is 6.61 Å². The Hall–Kier alpha value is -3.44. The van der Waals surface area contributed by atoms with Crippen LogP contribution in [-0.4, -0.2) is 58.4 Å². The number of carboxylic acid groups (broad SMARTS) is 1. The van der Waals surface area contributed by atoms with Gasteiger partial charge in [0.05, 0.1) is 11.8 Å². The van der Waals surface area contributed by atoms with E-state index >= 15 is 4.39 Å². The first-order valence-electron chi connectivity index (χ1n) is 12.8. The fourth-order valence-corrected chi connectivity index (χ4v) is 4.84. The van der Waals surface area contributed by atoms with Gasteiger partial charge in [-0.2, -0.15) is 8.78 Å². The zero-order valence-corrected chi connectivity index (χ0v) is 20.8. The zero-order chi connectivity index (χ0) is 27.9. The zero-order valence-electron chi connectivity index (χ0n) is 20.8. The number of hydrogen-bond donors (Lipinski definition) is 1. The summed E-state index contributed by atoms with van der Waals surface area (Å²) in [6.45, 7) is -1.32. The molecule has 1 N–H and O–H groups in total. The van der Waals surface area contributed by atoms with Crippen molar-refractivity contribution in [3.63, 3.8) is 0 Å². The number of hydrogen-bond acceptors (Lipinski definition) is 5. The summed E-state index contributed by atoms with van der Waals surface area (Å²) in [5.41, 5.74) is 1.57. The van der Waals surface area contributed by atoms with Crippen LogP contribution in [-0.2, 0) is 11.4 Å². The Labute approximate surface area is 220 Å². The lowest BCUT2D eigenvalue weighted by Crippen LogP contribution is -2.40. The lowest BCUT2D eigenvalue weighted by atomic mass is 9.99. The number of carbonyl (C=O) groups is 2. The predicted octanol–water partition coefficient (Wildman–Crippen LogP) is 5.52. The van der Waals surface area contributed by atoms with Gasteiger partial charge < -0.3 is 19.5 Å². The molecule has 2 heterocycles. The number of ether oxygens (including phenoxy) is 2. The molecule has 3 aliphatic rings. The van der Waals surface area contributed by atoms with Crippen molar-refractivity contribution in [3.05, 3.63) is 52.5 Å². The van der Waals surface area contributed by atoms with E-state index in [0.29, 0.717) is 24.0 Å². The quantitative estimate of drug-likeness (QED) is 0.368. The molecule has 1 aromatic carbocycles. The van der Waals surface area contributed by atoms with Crippen molar-refractivity contribution in [2.75, 3.05) is 13.2 Å². The maximum atomic E-state index is 15.1. The van der Waals surface area contributed by atoms with Gasteiger partial charge in [0, 0.05) is 12.1 Å². The molecule has 0 bridgehead atoms. The molecular weight excluding hydrogens is 527 g/mol. The highest BCUT2D eigenvalue weighted by Crippen LogP contribution is 2.46. The number of carbonyl (C=O) groups excluding carboxylic acids is 1. The Morgan fingerprint density at radius 2 is 1.74 bits per heavy atom. The summed E-state index contributed by atoms with van der Waals surface area (Å²) >= 11 is 0. The van der Waals surface area contributed by atoms with Crippen LogP contribution in [0.15, 0.2) is 24.4 Å². The molecule has 1 unspecified atom stereocenters. The molecule has 12 heteroatoms. The van der Waals surface area contributed by atoms with Crippen LogP contribution in [0, 0.1) is 5.82 Å². The third-order valence-electron chi connectivity index (χ3n) is 7.26. The third kappa shape index (κ3) is 5.94. The summed E-state index contributed by atoms with van der Waals surface area (Å²) in [7, 11) is 0. The molecule has 5 rings (SSSR count). The Bertz CT molecular complexity index is 1270. The van der Waals surface area contributed by atoms with Gasteiger partial charge in [-0.05, 0) is 79.7 Å². The van der Waals surface area contributed by atoms with E-state index in [0.717, 1.165) is 31.2 Å². The van der Waals surface area contributed by atoms with Crippen molar-refractivity contribution >= 4 is 11.9 Å². The summed E-state index contributed by atoms with van der Waals surface area (Å²) in [6, 6.07) is 3.29. The lowest BCUT2D eigenvalue weighted by Gasteiger charge is -2.22. The van der Waals surface area contributed by atoms with Gasteiger partial charge in [-0.15, -0.1) is 0 Å². The van der Waals surface area contributed by atoms with Crippen molar-refractivity contribution in [1.29, 1.82) is 0 Å².